The van der Waals surface area contributed by atoms with Crippen molar-refractivity contribution in [3.05, 3.63) is 117 Å². The zero-order valence-electron chi connectivity index (χ0n) is 17.6. The highest BCUT2D eigenvalue weighted by Gasteiger charge is 2.19. The van der Waals surface area contributed by atoms with Crippen molar-refractivity contribution >= 4 is 0 Å². The predicted molar refractivity (Wildman–Crippen MR) is 120 cm³/mol. The summed E-state index contributed by atoms with van der Waals surface area (Å²) < 4.78 is 29.1. The Morgan fingerprint density at radius 1 is 0.969 bits per heavy atom. The summed E-state index contributed by atoms with van der Waals surface area (Å²) in [4.78, 5) is 18.2. The van der Waals surface area contributed by atoms with Crippen LogP contribution in [-0.4, -0.2) is 14.7 Å². The second kappa shape index (κ2) is 9.14. The smallest absolute Gasteiger partial charge is 0.257 e. The molecular formula is C26H22F2N2O2. The van der Waals surface area contributed by atoms with Crippen LogP contribution in [0.2, 0.25) is 0 Å². The van der Waals surface area contributed by atoms with Gasteiger partial charge in [0.2, 0.25) is 0 Å². The van der Waals surface area contributed by atoms with Gasteiger partial charge in [-0.25, -0.2) is 13.8 Å². The Labute approximate surface area is 184 Å². The number of hydrogen-bond acceptors (Lipinski definition) is 3. The molecule has 6 heteroatoms. The maximum absolute atomic E-state index is 14.3. The second-order valence-corrected chi connectivity index (χ2v) is 7.62. The van der Waals surface area contributed by atoms with Crippen LogP contribution < -0.4 is 5.56 Å². The molecule has 1 heterocycles. The molecular weight excluding hydrogens is 410 g/mol. The number of hydrogen-bond donors (Lipinski definition) is 1. The third-order valence-electron chi connectivity index (χ3n) is 5.46. The van der Waals surface area contributed by atoms with Crippen LogP contribution in [0.5, 0.6) is 5.75 Å². The largest absolute Gasteiger partial charge is 0.507 e. The third-order valence-corrected chi connectivity index (χ3v) is 5.46. The first kappa shape index (κ1) is 21.4. The van der Waals surface area contributed by atoms with Gasteiger partial charge in [-0.05, 0) is 42.7 Å². The minimum absolute atomic E-state index is 0.00380. The average molecular weight is 432 g/mol. The van der Waals surface area contributed by atoms with Crippen molar-refractivity contribution in [2.75, 3.05) is 0 Å². The molecule has 0 bridgehead atoms. The Morgan fingerprint density at radius 3 is 2.41 bits per heavy atom. The lowest BCUT2D eigenvalue weighted by Crippen LogP contribution is -2.29. The molecule has 0 aliphatic heterocycles. The molecule has 162 valence electrons. The highest BCUT2D eigenvalue weighted by atomic mass is 19.1. The van der Waals surface area contributed by atoms with Gasteiger partial charge in [0.15, 0.2) is 0 Å². The monoisotopic (exact) mass is 432 g/mol. The first-order valence-corrected chi connectivity index (χ1v) is 10.3. The van der Waals surface area contributed by atoms with E-state index in [-0.39, 0.29) is 23.3 Å². The lowest BCUT2D eigenvalue weighted by molar-refractivity contribution is 0.476. The summed E-state index contributed by atoms with van der Waals surface area (Å²) in [6, 6.07) is 19.8. The van der Waals surface area contributed by atoms with Crippen LogP contribution in [0.1, 0.15) is 22.4 Å². The molecule has 0 unspecified atom stereocenters. The molecule has 4 aromatic rings. The molecule has 4 nitrogen and oxygen atoms in total. The number of aryl methyl sites for hydroxylation is 2. The summed E-state index contributed by atoms with van der Waals surface area (Å²) >= 11 is 0. The Bertz CT molecular complexity index is 1320. The molecule has 0 saturated carbocycles. The average Bonchev–Trinajstić information content (AvgIpc) is 2.78. The zero-order valence-corrected chi connectivity index (χ0v) is 17.6. The summed E-state index contributed by atoms with van der Waals surface area (Å²) in [5, 5.41) is 10.4. The molecule has 4 rings (SSSR count). The first-order valence-electron chi connectivity index (χ1n) is 10.3. The molecule has 1 N–H and O–H groups in total. The van der Waals surface area contributed by atoms with Gasteiger partial charge in [-0.2, -0.15) is 0 Å². The third kappa shape index (κ3) is 4.44. The highest BCUT2D eigenvalue weighted by molar-refractivity contribution is 5.64. The number of phenolic OH excluding ortho intramolecular Hbond substituents is 1. The highest BCUT2D eigenvalue weighted by Crippen LogP contribution is 2.27. The number of nitrogens with zero attached hydrogens (tertiary/aromatic N) is 2. The Kier molecular flexibility index (Phi) is 6.12. The molecule has 0 atom stereocenters. The van der Waals surface area contributed by atoms with Crippen LogP contribution in [0, 0.1) is 18.6 Å². The zero-order chi connectivity index (χ0) is 22.7. The van der Waals surface area contributed by atoms with E-state index in [1.54, 1.807) is 31.2 Å². The maximum Gasteiger partial charge on any atom is 0.257 e. The molecule has 0 spiro atoms. The summed E-state index contributed by atoms with van der Waals surface area (Å²) in [7, 11) is 0. The summed E-state index contributed by atoms with van der Waals surface area (Å²) in [5.41, 5.74) is 2.18. The van der Waals surface area contributed by atoms with Crippen LogP contribution in [0.15, 0.2) is 77.6 Å². The molecule has 0 aliphatic rings. The first-order chi connectivity index (χ1) is 15.4. The van der Waals surface area contributed by atoms with Gasteiger partial charge in [0.05, 0.1) is 5.56 Å². The Hall–Kier alpha value is -3.80. The maximum atomic E-state index is 14.3. The minimum Gasteiger partial charge on any atom is -0.507 e. The minimum atomic E-state index is -0.704. The molecule has 0 amide bonds. The van der Waals surface area contributed by atoms with Crippen molar-refractivity contribution in [2.24, 2.45) is 0 Å². The fourth-order valence-corrected chi connectivity index (χ4v) is 3.72. The normalized spacial score (nSPS) is 11.0. The Morgan fingerprint density at radius 2 is 1.69 bits per heavy atom. The summed E-state index contributed by atoms with van der Waals surface area (Å²) in [6.07, 6.45) is 0.576. The van der Waals surface area contributed by atoms with Crippen molar-refractivity contribution in [1.82, 2.24) is 9.55 Å². The lowest BCUT2D eigenvalue weighted by Gasteiger charge is -2.17. The van der Waals surface area contributed by atoms with Gasteiger partial charge in [-0.15, -0.1) is 0 Å². The lowest BCUT2D eigenvalue weighted by atomic mass is 10.0. The quantitative estimate of drug-likeness (QED) is 0.465. The van der Waals surface area contributed by atoms with E-state index < -0.39 is 11.6 Å². The number of halogens is 2. The fraction of sp³-hybridized carbons (Fsp3) is 0.154. The predicted octanol–water partition coefficient (Wildman–Crippen LogP) is 5.04. The molecule has 0 aliphatic carbocycles. The van der Waals surface area contributed by atoms with E-state index in [1.165, 1.54) is 16.7 Å². The second-order valence-electron chi connectivity index (χ2n) is 7.62. The van der Waals surface area contributed by atoms with Gasteiger partial charge in [0, 0.05) is 30.3 Å². The SMILES string of the molecule is Cc1nc(-c2ccccc2O)n(CCc2ccccc2)c(=O)c1Cc1ccc(F)cc1F. The molecule has 0 fully saturated rings. The number of para-hydroxylation sites is 1. The van der Waals surface area contributed by atoms with Gasteiger partial charge in [-0.3, -0.25) is 9.36 Å². The number of aromatic nitrogens is 2. The van der Waals surface area contributed by atoms with Crippen LogP contribution in [0.3, 0.4) is 0 Å². The number of rotatable bonds is 6. The van der Waals surface area contributed by atoms with E-state index in [0.717, 1.165) is 11.6 Å². The van der Waals surface area contributed by atoms with Gasteiger partial charge in [0.25, 0.3) is 5.56 Å². The van der Waals surface area contributed by atoms with E-state index in [9.17, 15) is 18.7 Å². The fourth-order valence-electron chi connectivity index (χ4n) is 3.72. The van der Waals surface area contributed by atoms with Crippen LogP contribution in [-0.2, 0) is 19.4 Å². The van der Waals surface area contributed by atoms with Crippen molar-refractivity contribution in [3.8, 4) is 17.1 Å². The van der Waals surface area contributed by atoms with Crippen LogP contribution in [0.4, 0.5) is 8.78 Å². The van der Waals surface area contributed by atoms with E-state index in [2.05, 4.69) is 4.98 Å². The van der Waals surface area contributed by atoms with Crippen molar-refractivity contribution in [3.63, 3.8) is 0 Å². The van der Waals surface area contributed by atoms with Crippen molar-refractivity contribution in [1.29, 1.82) is 0 Å². The van der Waals surface area contributed by atoms with Crippen LogP contribution >= 0.6 is 0 Å². The summed E-state index contributed by atoms with van der Waals surface area (Å²) in [6.45, 7) is 2.02. The van der Waals surface area contributed by atoms with E-state index >= 15 is 0 Å². The van der Waals surface area contributed by atoms with Gasteiger partial charge >= 0.3 is 0 Å². The van der Waals surface area contributed by atoms with E-state index in [4.69, 9.17) is 0 Å². The van der Waals surface area contributed by atoms with Gasteiger partial charge in [-0.1, -0.05) is 48.5 Å². The molecule has 0 saturated heterocycles. The molecule has 3 aromatic carbocycles. The molecule has 32 heavy (non-hydrogen) atoms. The van der Waals surface area contributed by atoms with E-state index in [1.807, 2.05) is 30.3 Å². The van der Waals surface area contributed by atoms with Gasteiger partial charge in [0.1, 0.15) is 23.2 Å². The molecule has 0 radical (unpaired) electrons. The Balaban J connectivity index is 1.82. The van der Waals surface area contributed by atoms with Crippen molar-refractivity contribution in [2.45, 2.75) is 26.3 Å². The topological polar surface area (TPSA) is 55.1 Å². The van der Waals surface area contributed by atoms with Crippen molar-refractivity contribution < 1.29 is 13.9 Å². The van der Waals surface area contributed by atoms with E-state index in [0.29, 0.717) is 35.6 Å². The number of aromatic hydroxyl groups is 1. The van der Waals surface area contributed by atoms with Gasteiger partial charge < -0.3 is 5.11 Å². The number of benzene rings is 3. The number of phenols is 1. The standard InChI is InChI=1S/C26H22F2N2O2/c1-17-22(15-19-11-12-20(27)16-23(19)28)26(32)30(14-13-18-7-3-2-4-8-18)25(29-17)21-9-5-6-10-24(21)31/h2-12,16,31H,13-15H2,1H3. The molecule has 1 aromatic heterocycles. The summed E-state index contributed by atoms with van der Waals surface area (Å²) in [5.74, 6) is -1.00. The van der Waals surface area contributed by atoms with Crippen LogP contribution in [0.25, 0.3) is 11.4 Å².